The first-order valence-corrected chi connectivity index (χ1v) is 6.38. The van der Waals surface area contributed by atoms with Crippen molar-refractivity contribution in [3.8, 4) is 11.8 Å². The van der Waals surface area contributed by atoms with Crippen LogP contribution in [0.4, 0.5) is 24.5 Å². The molecule has 130 valence electrons. The summed E-state index contributed by atoms with van der Waals surface area (Å²) in [7, 11) is 0. The quantitative estimate of drug-likeness (QED) is 0.455. The Morgan fingerprint density at radius 1 is 1.48 bits per heavy atom. The molecular formula is C12H8F3N7O3. The molecule has 0 bridgehead atoms. The largest absolute Gasteiger partial charge is 0.484 e. The van der Waals surface area contributed by atoms with Crippen LogP contribution in [0.2, 0.25) is 0 Å². The van der Waals surface area contributed by atoms with Crippen molar-refractivity contribution in [2.24, 2.45) is 0 Å². The number of rotatable bonds is 6. The number of hydrogen-bond acceptors (Lipinski definition) is 8. The van der Waals surface area contributed by atoms with Gasteiger partial charge in [-0.3, -0.25) is 10.1 Å². The van der Waals surface area contributed by atoms with Gasteiger partial charge in [0.25, 0.3) is 5.69 Å². The molecule has 10 nitrogen and oxygen atoms in total. The highest BCUT2D eigenvalue weighted by atomic mass is 19.4. The number of nitrogens with zero attached hydrogens (tertiary/aromatic N) is 5. The molecule has 13 heteroatoms. The van der Waals surface area contributed by atoms with Crippen molar-refractivity contribution < 1.29 is 22.8 Å². The second-order valence-electron chi connectivity index (χ2n) is 4.43. The van der Waals surface area contributed by atoms with Crippen LogP contribution in [0, 0.1) is 21.4 Å². The van der Waals surface area contributed by atoms with Crippen LogP contribution < -0.4 is 10.1 Å². The molecule has 25 heavy (non-hydrogen) atoms. The highest BCUT2D eigenvalue weighted by molar-refractivity contribution is 5.74. The molecule has 0 amide bonds. The zero-order valence-corrected chi connectivity index (χ0v) is 12.1. The first kappa shape index (κ1) is 17.7. The molecule has 0 spiro atoms. The van der Waals surface area contributed by atoms with E-state index in [9.17, 15) is 23.3 Å². The van der Waals surface area contributed by atoms with Gasteiger partial charge in [-0.05, 0) is 5.21 Å². The molecular weight excluding hydrogens is 347 g/mol. The van der Waals surface area contributed by atoms with Crippen molar-refractivity contribution in [2.45, 2.75) is 6.18 Å². The molecule has 1 aromatic carbocycles. The number of allylic oxidation sites excluding steroid dienone is 1. The lowest BCUT2D eigenvalue weighted by Gasteiger charge is -2.10. The normalized spacial score (nSPS) is 11.7. The lowest BCUT2D eigenvalue weighted by Crippen LogP contribution is -2.19. The minimum Gasteiger partial charge on any atom is -0.484 e. The van der Waals surface area contributed by atoms with Crippen LogP contribution in [-0.2, 0) is 0 Å². The molecule has 2 rings (SSSR count). The molecule has 2 aromatic rings. The highest BCUT2D eigenvalue weighted by Crippen LogP contribution is 2.28. The Kier molecular flexibility index (Phi) is 5.12. The Hall–Kier alpha value is -3.69. The lowest BCUT2D eigenvalue weighted by molar-refractivity contribution is -0.384. The van der Waals surface area contributed by atoms with E-state index in [4.69, 9.17) is 5.26 Å². The van der Waals surface area contributed by atoms with E-state index < -0.39 is 23.4 Å². The van der Waals surface area contributed by atoms with Crippen LogP contribution in [0.5, 0.6) is 5.75 Å². The number of halogens is 3. The van der Waals surface area contributed by atoms with Crippen LogP contribution in [0.15, 0.2) is 24.4 Å². The molecule has 0 unspecified atom stereocenters. The number of nitrogens with one attached hydrogen (secondary N) is 2. The first-order chi connectivity index (χ1) is 11.8. The van der Waals surface area contributed by atoms with Gasteiger partial charge < -0.3 is 10.1 Å². The van der Waals surface area contributed by atoms with Gasteiger partial charge in [0.1, 0.15) is 17.4 Å². The van der Waals surface area contributed by atoms with Gasteiger partial charge in [-0.15, -0.1) is 10.2 Å². The number of tetrazole rings is 1. The van der Waals surface area contributed by atoms with Crippen LogP contribution in [0.25, 0.3) is 5.57 Å². The molecule has 1 aromatic heterocycles. The Morgan fingerprint density at radius 2 is 2.24 bits per heavy atom. The maximum absolute atomic E-state index is 12.2. The lowest BCUT2D eigenvalue weighted by atomic mass is 10.2. The van der Waals surface area contributed by atoms with E-state index in [1.54, 1.807) is 6.07 Å². The van der Waals surface area contributed by atoms with Crippen molar-refractivity contribution in [2.75, 3.05) is 11.9 Å². The minimum atomic E-state index is -4.59. The third-order valence-corrected chi connectivity index (χ3v) is 2.59. The van der Waals surface area contributed by atoms with Crippen molar-refractivity contribution >= 4 is 16.9 Å². The summed E-state index contributed by atoms with van der Waals surface area (Å²) < 4.78 is 41.2. The van der Waals surface area contributed by atoms with Gasteiger partial charge in [0.2, 0.25) is 5.82 Å². The van der Waals surface area contributed by atoms with E-state index in [0.29, 0.717) is 0 Å². The first-order valence-electron chi connectivity index (χ1n) is 6.38. The predicted octanol–water partition coefficient (Wildman–Crippen LogP) is 2.03. The van der Waals surface area contributed by atoms with Crippen LogP contribution >= 0.6 is 0 Å². The van der Waals surface area contributed by atoms with Crippen molar-refractivity contribution in [3.05, 3.63) is 40.3 Å². The second-order valence-corrected chi connectivity index (χ2v) is 4.43. The zero-order chi connectivity index (χ0) is 18.4. The molecule has 0 aliphatic heterocycles. The number of alkyl halides is 3. The Balaban J connectivity index is 2.26. The number of aromatic nitrogens is 4. The van der Waals surface area contributed by atoms with Crippen molar-refractivity contribution in [3.63, 3.8) is 0 Å². The molecule has 0 atom stereocenters. The van der Waals surface area contributed by atoms with E-state index >= 15 is 0 Å². The summed E-state index contributed by atoms with van der Waals surface area (Å²) in [6, 6.07) is 4.79. The van der Waals surface area contributed by atoms with Crippen LogP contribution in [-0.4, -0.2) is 38.3 Å². The zero-order valence-electron chi connectivity index (χ0n) is 12.1. The topological polar surface area (TPSA) is 143 Å². The van der Waals surface area contributed by atoms with Gasteiger partial charge in [0.05, 0.1) is 11.0 Å². The third kappa shape index (κ3) is 5.16. The maximum atomic E-state index is 12.2. The van der Waals surface area contributed by atoms with Crippen molar-refractivity contribution in [1.82, 2.24) is 20.6 Å². The number of nitro benzene ring substituents is 1. The summed E-state index contributed by atoms with van der Waals surface area (Å²) in [5.74, 6) is -0.394. The minimum absolute atomic E-state index is 0.0302. The third-order valence-electron chi connectivity index (χ3n) is 2.59. The number of nitriles is 1. The molecule has 2 N–H and O–H groups in total. The van der Waals surface area contributed by atoms with Gasteiger partial charge in [-0.25, -0.2) is 0 Å². The number of nitro groups is 1. The van der Waals surface area contributed by atoms with Gasteiger partial charge in [-0.1, -0.05) is 0 Å². The second kappa shape index (κ2) is 7.25. The van der Waals surface area contributed by atoms with E-state index in [0.717, 1.165) is 24.4 Å². The fourth-order valence-corrected chi connectivity index (χ4v) is 1.60. The number of benzene rings is 1. The molecule has 0 radical (unpaired) electrons. The predicted molar refractivity (Wildman–Crippen MR) is 76.0 cm³/mol. The fraction of sp³-hybridized carbons (Fsp3) is 0.167. The van der Waals surface area contributed by atoms with E-state index in [1.165, 1.54) is 0 Å². The smallest absolute Gasteiger partial charge is 0.422 e. The van der Waals surface area contributed by atoms with Crippen LogP contribution in [0.1, 0.15) is 5.82 Å². The maximum Gasteiger partial charge on any atom is 0.422 e. The average molecular weight is 355 g/mol. The van der Waals surface area contributed by atoms with Gasteiger partial charge >= 0.3 is 6.18 Å². The Labute approximate surface area is 137 Å². The summed E-state index contributed by atoms with van der Waals surface area (Å²) in [6.45, 7) is -1.60. The van der Waals surface area contributed by atoms with Crippen LogP contribution in [0.3, 0.4) is 0 Å². The number of hydrogen-bond donors (Lipinski definition) is 2. The van der Waals surface area contributed by atoms with Crippen molar-refractivity contribution in [1.29, 1.82) is 5.26 Å². The average Bonchev–Trinajstić information content (AvgIpc) is 3.07. The summed E-state index contributed by atoms with van der Waals surface area (Å²) in [5.41, 5.74) is -0.519. The number of non-ortho nitro benzene ring substituents is 1. The standard InChI is InChI=1S/C12H8F3N7O3/c13-12(14,15)6-25-10-2-8(1-9(3-10)22(23)24)17-5-7(4-16)11-18-20-21-19-11/h1-3,5,17H,6H2,(H,18,19,20,21). The number of anilines is 1. The number of ether oxygens (including phenoxy) is 1. The SMILES string of the molecule is N#CC(=CNc1cc(OCC(F)(F)F)cc([N+](=O)[O-])c1)c1nn[nH]n1. The summed E-state index contributed by atoms with van der Waals surface area (Å²) in [4.78, 5) is 10.1. The number of H-pyrrole nitrogens is 1. The summed E-state index contributed by atoms with van der Waals surface area (Å²) in [6.07, 6.45) is -3.47. The Bertz CT molecular complexity index is 827. The molecule has 0 saturated heterocycles. The van der Waals surface area contributed by atoms with E-state index in [2.05, 4.69) is 30.7 Å². The molecule has 1 heterocycles. The molecule has 0 fully saturated rings. The van der Waals surface area contributed by atoms with E-state index in [1.807, 2.05) is 0 Å². The molecule has 0 saturated carbocycles. The Morgan fingerprint density at radius 3 is 2.80 bits per heavy atom. The summed E-state index contributed by atoms with van der Waals surface area (Å²) in [5, 5.41) is 35.0. The van der Waals surface area contributed by atoms with E-state index in [-0.39, 0.29) is 22.8 Å². The van der Waals surface area contributed by atoms with Gasteiger partial charge in [0, 0.05) is 24.0 Å². The van der Waals surface area contributed by atoms with Gasteiger partial charge in [0.15, 0.2) is 6.61 Å². The fourth-order valence-electron chi connectivity index (χ4n) is 1.60. The highest BCUT2D eigenvalue weighted by Gasteiger charge is 2.28. The van der Waals surface area contributed by atoms with Gasteiger partial charge in [-0.2, -0.15) is 23.6 Å². The monoisotopic (exact) mass is 355 g/mol. The molecule has 0 aliphatic rings. The number of aromatic amines is 1. The molecule has 0 aliphatic carbocycles. The summed E-state index contributed by atoms with van der Waals surface area (Å²) >= 11 is 0.